The Kier molecular flexibility index (Phi) is 8.51. The maximum absolute atomic E-state index is 9.75. The first kappa shape index (κ1) is 21.9. The molecule has 0 saturated heterocycles. The summed E-state index contributed by atoms with van der Waals surface area (Å²) >= 11 is 0. The van der Waals surface area contributed by atoms with Gasteiger partial charge in [-0.05, 0) is 18.1 Å². The van der Waals surface area contributed by atoms with E-state index in [9.17, 15) is 17.3 Å². The summed E-state index contributed by atoms with van der Waals surface area (Å²) in [6.07, 6.45) is 2.25. The maximum atomic E-state index is 9.75. The van der Waals surface area contributed by atoms with E-state index >= 15 is 0 Å². The van der Waals surface area contributed by atoms with Crippen LogP contribution >= 0.6 is 0 Å². The first-order chi connectivity index (χ1) is 13.3. The Morgan fingerprint density at radius 3 is 2.18 bits per heavy atom. The summed E-state index contributed by atoms with van der Waals surface area (Å²) in [6.45, 7) is 6.82. The lowest BCUT2D eigenvalue weighted by atomic mass is 10.1. The Morgan fingerprint density at radius 2 is 1.57 bits per heavy atom. The van der Waals surface area contributed by atoms with Gasteiger partial charge in [0.05, 0.1) is 13.2 Å². The van der Waals surface area contributed by atoms with Gasteiger partial charge in [0.25, 0.3) is 0 Å². The van der Waals surface area contributed by atoms with Gasteiger partial charge in [0.2, 0.25) is 6.34 Å². The van der Waals surface area contributed by atoms with Crippen molar-refractivity contribution in [1.29, 1.82) is 0 Å². The quantitative estimate of drug-likeness (QED) is 0.294. The topological polar surface area (TPSA) is 15.5 Å². The molecule has 0 amide bonds. The third kappa shape index (κ3) is 8.56. The van der Waals surface area contributed by atoms with E-state index in [1.54, 1.807) is 0 Å². The van der Waals surface area contributed by atoms with Crippen molar-refractivity contribution in [2.45, 2.75) is 19.6 Å². The van der Waals surface area contributed by atoms with Crippen LogP contribution < -0.4 is 0 Å². The molecule has 0 bridgehead atoms. The van der Waals surface area contributed by atoms with Crippen molar-refractivity contribution in [2.24, 2.45) is 0 Å². The molecule has 3 rings (SSSR count). The van der Waals surface area contributed by atoms with Crippen LogP contribution in [0.4, 0.5) is 17.3 Å². The number of rotatable bonds is 7. The van der Waals surface area contributed by atoms with Gasteiger partial charge >= 0.3 is 7.25 Å². The van der Waals surface area contributed by atoms with E-state index in [-0.39, 0.29) is 0 Å². The number of nitrogens with zero attached hydrogens (tertiary/aromatic N) is 2. The minimum Gasteiger partial charge on any atom is -0.418 e. The van der Waals surface area contributed by atoms with E-state index in [1.807, 2.05) is 6.07 Å². The van der Waals surface area contributed by atoms with Crippen LogP contribution in [0.1, 0.15) is 24.1 Å². The molecule has 1 atom stereocenters. The summed E-state index contributed by atoms with van der Waals surface area (Å²) in [7, 11) is -6.00. The molecule has 1 aliphatic rings. The number of benzene rings is 2. The highest BCUT2D eigenvalue weighted by Gasteiger charge is 2.25. The number of ether oxygens (including phenoxy) is 1. The van der Waals surface area contributed by atoms with Gasteiger partial charge in [-0.3, -0.25) is 9.48 Å². The molecular weight excluding hydrogens is 371 g/mol. The standard InChI is InChI=1S/C20H25N2O.BF4/c1-18(20-10-6-3-7-11-20)22-13-12-21(17-22)14-15-23-16-19-8-4-2-5-9-19;2-1(3,4)5/h2-11,17-18H,12-16H2,1H3;/q+1;-1/t18-;/m1./s1. The molecule has 0 aromatic heterocycles. The molecule has 1 heterocycles. The van der Waals surface area contributed by atoms with E-state index in [0.29, 0.717) is 12.6 Å². The number of hydrogen-bond donors (Lipinski definition) is 0. The highest BCUT2D eigenvalue weighted by Crippen LogP contribution is 2.19. The Bertz CT molecular complexity index is 720. The van der Waals surface area contributed by atoms with Crippen LogP contribution in [0.3, 0.4) is 0 Å². The summed E-state index contributed by atoms with van der Waals surface area (Å²) in [6, 6.07) is 21.4. The fourth-order valence-electron chi connectivity index (χ4n) is 2.90. The number of hydrogen-bond acceptors (Lipinski definition) is 2. The van der Waals surface area contributed by atoms with Gasteiger partial charge in [0.15, 0.2) is 0 Å². The van der Waals surface area contributed by atoms with E-state index in [1.165, 1.54) is 11.1 Å². The lowest BCUT2D eigenvalue weighted by Gasteiger charge is -2.16. The zero-order chi connectivity index (χ0) is 20.4. The summed E-state index contributed by atoms with van der Waals surface area (Å²) < 4.78 is 47.1. The van der Waals surface area contributed by atoms with Gasteiger partial charge in [0, 0.05) is 0 Å². The van der Waals surface area contributed by atoms with E-state index in [2.05, 4.69) is 77.3 Å². The van der Waals surface area contributed by atoms with Gasteiger partial charge in [-0.2, -0.15) is 0 Å². The second kappa shape index (κ2) is 10.9. The molecule has 0 N–H and O–H groups in total. The summed E-state index contributed by atoms with van der Waals surface area (Å²) in [5.74, 6) is 0. The molecule has 0 fully saturated rings. The van der Waals surface area contributed by atoms with Gasteiger partial charge < -0.3 is 22.0 Å². The molecule has 2 aromatic carbocycles. The molecule has 152 valence electrons. The fraction of sp³-hybridized carbons (Fsp3) is 0.350. The first-order valence-corrected chi connectivity index (χ1v) is 9.21. The van der Waals surface area contributed by atoms with Crippen molar-refractivity contribution in [3.8, 4) is 0 Å². The van der Waals surface area contributed by atoms with Gasteiger partial charge in [-0.25, -0.2) is 0 Å². The SMILES string of the molecule is C[C@H](c1ccccc1)N1C=[N+](CCOCc2ccccc2)CC1.F[B-](F)(F)F. The van der Waals surface area contributed by atoms with Crippen LogP contribution in [0.25, 0.3) is 0 Å². The molecule has 28 heavy (non-hydrogen) atoms. The normalized spacial score (nSPS) is 14.9. The van der Waals surface area contributed by atoms with Crippen molar-refractivity contribution < 1.29 is 26.6 Å². The Labute approximate surface area is 163 Å². The monoisotopic (exact) mass is 396 g/mol. The van der Waals surface area contributed by atoms with E-state index in [4.69, 9.17) is 4.74 Å². The maximum Gasteiger partial charge on any atom is 0.673 e. The lowest BCUT2D eigenvalue weighted by molar-refractivity contribution is -0.517. The molecule has 3 nitrogen and oxygen atoms in total. The highest BCUT2D eigenvalue weighted by molar-refractivity contribution is 6.50. The molecule has 2 aromatic rings. The number of halogens is 4. The average Bonchev–Trinajstić information content (AvgIpc) is 3.14. The molecule has 8 heteroatoms. The highest BCUT2D eigenvalue weighted by atomic mass is 19.5. The van der Waals surface area contributed by atoms with Crippen LogP contribution in [0.2, 0.25) is 0 Å². The molecular formula is C20H25BF4N2O. The zero-order valence-corrected chi connectivity index (χ0v) is 15.9. The lowest BCUT2D eigenvalue weighted by Crippen LogP contribution is -2.23. The molecule has 0 spiro atoms. The third-order valence-electron chi connectivity index (χ3n) is 4.37. The van der Waals surface area contributed by atoms with Crippen LogP contribution in [-0.4, -0.2) is 49.3 Å². The summed E-state index contributed by atoms with van der Waals surface area (Å²) in [5, 5.41) is 0. The summed E-state index contributed by atoms with van der Waals surface area (Å²) in [4.78, 5) is 2.41. The average molecular weight is 396 g/mol. The van der Waals surface area contributed by atoms with E-state index < -0.39 is 7.25 Å². The molecule has 1 aliphatic heterocycles. The van der Waals surface area contributed by atoms with Crippen LogP contribution in [0, 0.1) is 0 Å². The Balaban J connectivity index is 0.000000500. The second-order valence-electron chi connectivity index (χ2n) is 6.51. The van der Waals surface area contributed by atoms with Crippen LogP contribution in [-0.2, 0) is 11.3 Å². The molecule has 0 aliphatic carbocycles. The molecule has 0 radical (unpaired) electrons. The largest absolute Gasteiger partial charge is 0.673 e. The van der Waals surface area contributed by atoms with Gasteiger partial charge in [0.1, 0.15) is 25.7 Å². The zero-order valence-electron chi connectivity index (χ0n) is 15.9. The Hall–Kier alpha value is -2.35. The second-order valence-corrected chi connectivity index (χ2v) is 6.51. The van der Waals surface area contributed by atoms with Crippen molar-refractivity contribution in [3.05, 3.63) is 71.8 Å². The van der Waals surface area contributed by atoms with E-state index in [0.717, 1.165) is 26.2 Å². The smallest absolute Gasteiger partial charge is 0.418 e. The fourth-order valence-corrected chi connectivity index (χ4v) is 2.90. The predicted octanol–water partition coefficient (Wildman–Crippen LogP) is 4.62. The molecule has 0 unspecified atom stereocenters. The van der Waals surface area contributed by atoms with Crippen molar-refractivity contribution >= 4 is 13.6 Å². The summed E-state index contributed by atoms with van der Waals surface area (Å²) in [5.41, 5.74) is 2.60. The molecule has 0 saturated carbocycles. The third-order valence-corrected chi connectivity index (χ3v) is 4.37. The van der Waals surface area contributed by atoms with Crippen LogP contribution in [0.15, 0.2) is 60.7 Å². The minimum absolute atomic E-state index is 0.423. The van der Waals surface area contributed by atoms with Crippen molar-refractivity contribution in [2.75, 3.05) is 26.2 Å². The van der Waals surface area contributed by atoms with Crippen molar-refractivity contribution in [1.82, 2.24) is 4.90 Å². The minimum atomic E-state index is -6.00. The Morgan fingerprint density at radius 1 is 1.00 bits per heavy atom. The van der Waals surface area contributed by atoms with Gasteiger partial charge in [-0.1, -0.05) is 60.7 Å². The predicted molar refractivity (Wildman–Crippen MR) is 104 cm³/mol. The van der Waals surface area contributed by atoms with Gasteiger partial charge in [-0.15, -0.1) is 0 Å². The first-order valence-electron chi connectivity index (χ1n) is 9.21. The van der Waals surface area contributed by atoms with Crippen molar-refractivity contribution in [3.63, 3.8) is 0 Å². The van der Waals surface area contributed by atoms with Crippen LogP contribution in [0.5, 0.6) is 0 Å².